The molecule has 20 heavy (non-hydrogen) atoms. The number of aryl methyl sites for hydroxylation is 3. The van der Waals surface area contributed by atoms with Gasteiger partial charge in [0, 0.05) is 19.8 Å². The number of sulfonamides is 1. The molecule has 0 aliphatic heterocycles. The van der Waals surface area contributed by atoms with Gasteiger partial charge in [0.1, 0.15) is 4.90 Å². The van der Waals surface area contributed by atoms with E-state index in [1.807, 2.05) is 19.2 Å². The van der Waals surface area contributed by atoms with Crippen LogP contribution in [0.2, 0.25) is 0 Å². The lowest BCUT2D eigenvalue weighted by atomic mass is 10.4. The van der Waals surface area contributed by atoms with Gasteiger partial charge in [-0.2, -0.15) is 14.5 Å². The monoisotopic (exact) mass is 297 g/mol. The summed E-state index contributed by atoms with van der Waals surface area (Å²) in [7, 11) is -2.01. The number of hydrogen-bond donors (Lipinski definition) is 1. The smallest absolute Gasteiger partial charge is 0.246 e. The van der Waals surface area contributed by atoms with Gasteiger partial charge in [-0.15, -0.1) is 0 Å². The maximum absolute atomic E-state index is 12.5. The Labute approximate surface area is 118 Å². The molecule has 2 aromatic rings. The van der Waals surface area contributed by atoms with Crippen molar-refractivity contribution in [1.29, 1.82) is 0 Å². The molecular formula is C12H19N5O2S. The van der Waals surface area contributed by atoms with E-state index in [1.165, 1.54) is 4.31 Å². The van der Waals surface area contributed by atoms with Gasteiger partial charge in [0.05, 0.1) is 23.6 Å². The third kappa shape index (κ3) is 2.61. The van der Waals surface area contributed by atoms with E-state index in [0.717, 1.165) is 12.2 Å². The van der Waals surface area contributed by atoms with Crippen LogP contribution in [-0.2, 0) is 23.1 Å². The summed E-state index contributed by atoms with van der Waals surface area (Å²) in [5, 5.41) is 10.9. The fraction of sp³-hybridized carbons (Fsp3) is 0.500. The van der Waals surface area contributed by atoms with Crippen LogP contribution in [0.25, 0.3) is 0 Å². The average molecular weight is 297 g/mol. The van der Waals surface area contributed by atoms with Crippen LogP contribution in [0.15, 0.2) is 17.2 Å². The highest BCUT2D eigenvalue weighted by atomic mass is 32.2. The first-order valence-corrected chi connectivity index (χ1v) is 7.80. The lowest BCUT2D eigenvalue weighted by Crippen LogP contribution is -2.27. The van der Waals surface area contributed by atoms with E-state index < -0.39 is 10.0 Å². The lowest BCUT2D eigenvalue weighted by Gasteiger charge is -2.16. The molecule has 7 nitrogen and oxygen atoms in total. The molecule has 0 saturated heterocycles. The van der Waals surface area contributed by atoms with Crippen molar-refractivity contribution >= 4 is 10.0 Å². The van der Waals surface area contributed by atoms with Gasteiger partial charge in [-0.05, 0) is 26.8 Å². The van der Waals surface area contributed by atoms with Crippen LogP contribution in [0.1, 0.15) is 24.0 Å². The molecule has 0 fully saturated rings. The zero-order chi connectivity index (χ0) is 14.9. The third-order valence-corrected chi connectivity index (χ3v) is 5.20. The maximum Gasteiger partial charge on any atom is 0.246 e. The van der Waals surface area contributed by atoms with E-state index in [1.54, 1.807) is 25.6 Å². The highest BCUT2D eigenvalue weighted by Crippen LogP contribution is 2.21. The van der Waals surface area contributed by atoms with Gasteiger partial charge in [-0.3, -0.25) is 9.78 Å². The van der Waals surface area contributed by atoms with Gasteiger partial charge in [-0.25, -0.2) is 8.42 Å². The number of nitrogens with one attached hydrogen (secondary N) is 1. The largest absolute Gasteiger partial charge is 0.281 e. The van der Waals surface area contributed by atoms with Crippen LogP contribution in [0.5, 0.6) is 0 Å². The topological polar surface area (TPSA) is 83.9 Å². The molecule has 1 N–H and O–H groups in total. The van der Waals surface area contributed by atoms with Crippen molar-refractivity contribution < 1.29 is 8.42 Å². The van der Waals surface area contributed by atoms with Gasteiger partial charge >= 0.3 is 0 Å². The van der Waals surface area contributed by atoms with Crippen molar-refractivity contribution in [3.8, 4) is 0 Å². The molecule has 0 saturated carbocycles. The molecule has 0 atom stereocenters. The highest BCUT2D eigenvalue weighted by Gasteiger charge is 2.27. The van der Waals surface area contributed by atoms with E-state index in [9.17, 15) is 8.42 Å². The summed E-state index contributed by atoms with van der Waals surface area (Å²) in [6.45, 7) is 6.35. The molecule has 2 aromatic heterocycles. The van der Waals surface area contributed by atoms with Crippen LogP contribution in [-0.4, -0.2) is 39.7 Å². The minimum absolute atomic E-state index is 0.236. The van der Waals surface area contributed by atoms with E-state index in [2.05, 4.69) is 15.3 Å². The van der Waals surface area contributed by atoms with Crippen molar-refractivity contribution in [2.24, 2.45) is 0 Å². The predicted octanol–water partition coefficient (Wildman–Crippen LogP) is 1.06. The summed E-state index contributed by atoms with van der Waals surface area (Å²) in [5.41, 5.74) is 1.75. The molecule has 0 bridgehead atoms. The zero-order valence-electron chi connectivity index (χ0n) is 12.1. The molecule has 0 aromatic carbocycles. The molecule has 2 rings (SSSR count). The van der Waals surface area contributed by atoms with Crippen molar-refractivity contribution in [1.82, 2.24) is 24.3 Å². The van der Waals surface area contributed by atoms with Crippen LogP contribution in [0, 0.1) is 13.8 Å². The van der Waals surface area contributed by atoms with Gasteiger partial charge in [0.15, 0.2) is 0 Å². The SMILES string of the molecule is CCn1ccc(CN(C)S(=O)(=O)c2c(C)n[nH]c2C)n1. The molecule has 0 aliphatic rings. The molecule has 0 unspecified atom stereocenters. The minimum Gasteiger partial charge on any atom is -0.281 e. The van der Waals surface area contributed by atoms with Crippen molar-refractivity contribution in [2.75, 3.05) is 7.05 Å². The van der Waals surface area contributed by atoms with Gasteiger partial charge in [0.2, 0.25) is 10.0 Å². The van der Waals surface area contributed by atoms with Crippen molar-refractivity contribution in [3.05, 3.63) is 29.3 Å². The van der Waals surface area contributed by atoms with E-state index in [0.29, 0.717) is 11.4 Å². The molecule has 0 amide bonds. The molecule has 0 spiro atoms. The average Bonchev–Trinajstić information content (AvgIpc) is 2.96. The summed E-state index contributed by atoms with van der Waals surface area (Å²) in [6.07, 6.45) is 1.84. The Bertz CT molecular complexity index is 682. The fourth-order valence-electron chi connectivity index (χ4n) is 2.05. The minimum atomic E-state index is -3.56. The Morgan fingerprint density at radius 3 is 2.60 bits per heavy atom. The number of aromatic amines is 1. The summed E-state index contributed by atoms with van der Waals surface area (Å²) in [6, 6.07) is 1.82. The Balaban J connectivity index is 2.26. The maximum atomic E-state index is 12.5. The Morgan fingerprint density at radius 2 is 2.10 bits per heavy atom. The lowest BCUT2D eigenvalue weighted by molar-refractivity contribution is 0.457. The van der Waals surface area contributed by atoms with E-state index in [-0.39, 0.29) is 11.4 Å². The number of nitrogens with zero attached hydrogens (tertiary/aromatic N) is 4. The van der Waals surface area contributed by atoms with Gasteiger partial charge in [0.25, 0.3) is 0 Å². The summed E-state index contributed by atoms with van der Waals surface area (Å²) >= 11 is 0. The van der Waals surface area contributed by atoms with Crippen molar-refractivity contribution in [3.63, 3.8) is 0 Å². The number of H-pyrrole nitrogens is 1. The number of hydrogen-bond acceptors (Lipinski definition) is 4. The summed E-state index contributed by atoms with van der Waals surface area (Å²) < 4.78 is 28.2. The quantitative estimate of drug-likeness (QED) is 0.894. The normalized spacial score (nSPS) is 12.2. The number of aromatic nitrogens is 4. The van der Waals surface area contributed by atoms with Crippen LogP contribution < -0.4 is 0 Å². The van der Waals surface area contributed by atoms with E-state index >= 15 is 0 Å². The molecule has 110 valence electrons. The van der Waals surface area contributed by atoms with Crippen LogP contribution in [0.3, 0.4) is 0 Å². The second-order valence-corrected chi connectivity index (χ2v) is 6.67. The molecule has 0 aliphatic carbocycles. The second kappa shape index (κ2) is 5.37. The third-order valence-electron chi connectivity index (χ3n) is 3.13. The molecule has 2 heterocycles. The fourth-order valence-corrected chi connectivity index (χ4v) is 3.52. The van der Waals surface area contributed by atoms with Gasteiger partial charge in [-0.1, -0.05) is 0 Å². The van der Waals surface area contributed by atoms with Crippen LogP contribution >= 0.6 is 0 Å². The first kappa shape index (κ1) is 14.7. The first-order chi connectivity index (χ1) is 9.36. The van der Waals surface area contributed by atoms with E-state index in [4.69, 9.17) is 0 Å². The second-order valence-electron chi connectivity index (χ2n) is 4.69. The Morgan fingerprint density at radius 1 is 1.40 bits per heavy atom. The summed E-state index contributed by atoms with van der Waals surface area (Å²) in [4.78, 5) is 0.245. The molecule has 0 radical (unpaired) electrons. The standard InChI is InChI=1S/C12H19N5O2S/c1-5-17-7-6-11(15-17)8-16(4)20(18,19)12-9(2)13-14-10(12)3/h6-7H,5,8H2,1-4H3,(H,13,14). The predicted molar refractivity (Wildman–Crippen MR) is 74.6 cm³/mol. The zero-order valence-corrected chi connectivity index (χ0v) is 12.9. The van der Waals surface area contributed by atoms with Gasteiger partial charge < -0.3 is 0 Å². The Kier molecular flexibility index (Phi) is 3.96. The highest BCUT2D eigenvalue weighted by molar-refractivity contribution is 7.89. The first-order valence-electron chi connectivity index (χ1n) is 6.36. The molecular weight excluding hydrogens is 278 g/mol. The van der Waals surface area contributed by atoms with Crippen molar-refractivity contribution in [2.45, 2.75) is 38.8 Å². The summed E-state index contributed by atoms with van der Waals surface area (Å²) in [5.74, 6) is 0. The number of rotatable bonds is 5. The van der Waals surface area contributed by atoms with Crippen LogP contribution in [0.4, 0.5) is 0 Å². The molecule has 8 heteroatoms. The Hall–Kier alpha value is -1.67.